The molecule has 0 saturated heterocycles. The summed E-state index contributed by atoms with van der Waals surface area (Å²) in [4.78, 5) is 11.2. The van der Waals surface area contributed by atoms with Crippen LogP contribution in [0.15, 0.2) is 23.8 Å². The van der Waals surface area contributed by atoms with Crippen LogP contribution in [0.5, 0.6) is 0 Å². The highest BCUT2D eigenvalue weighted by Gasteiger charge is 2.38. The third kappa shape index (κ3) is 2.70. The van der Waals surface area contributed by atoms with E-state index in [2.05, 4.69) is 26.0 Å². The highest BCUT2D eigenvalue weighted by Crippen LogP contribution is 2.50. The van der Waals surface area contributed by atoms with Crippen LogP contribution in [0, 0.1) is 17.3 Å². The average molecular weight is 232 g/mol. The molecule has 1 fully saturated rings. The fourth-order valence-corrected chi connectivity index (χ4v) is 3.41. The summed E-state index contributed by atoms with van der Waals surface area (Å²) in [7, 11) is 0. The van der Waals surface area contributed by atoms with Crippen molar-refractivity contribution in [3.05, 3.63) is 23.8 Å². The smallest absolute Gasteiger partial charge is 0.152 e. The molecule has 0 aromatic heterocycles. The summed E-state index contributed by atoms with van der Waals surface area (Å²) >= 11 is 0. The molecular weight excluding hydrogens is 208 g/mol. The molecule has 0 aliphatic heterocycles. The van der Waals surface area contributed by atoms with E-state index in [1.165, 1.54) is 32.1 Å². The predicted octanol–water partition coefficient (Wildman–Crippen LogP) is 4.29. The Labute approximate surface area is 105 Å². The van der Waals surface area contributed by atoms with Gasteiger partial charge in [0.05, 0.1) is 0 Å². The number of fused-ring (bicyclic) bond motifs is 1. The van der Waals surface area contributed by atoms with E-state index in [4.69, 9.17) is 0 Å². The zero-order chi connectivity index (χ0) is 12.5. The number of ketones is 1. The highest BCUT2D eigenvalue weighted by molar-refractivity contribution is 5.87. The number of rotatable bonds is 2. The van der Waals surface area contributed by atoms with Gasteiger partial charge in [0, 0.05) is 5.92 Å². The van der Waals surface area contributed by atoms with E-state index in [1.807, 2.05) is 0 Å². The van der Waals surface area contributed by atoms with E-state index in [0.29, 0.717) is 11.3 Å². The lowest BCUT2D eigenvalue weighted by Crippen LogP contribution is -2.34. The number of hydrogen-bond donors (Lipinski definition) is 0. The summed E-state index contributed by atoms with van der Waals surface area (Å²) in [5.41, 5.74) is 1.93. The summed E-state index contributed by atoms with van der Waals surface area (Å²) in [5, 5.41) is 0. The summed E-state index contributed by atoms with van der Waals surface area (Å²) in [6.07, 6.45) is 12.9. The number of carbonyl (C=O) groups excluding carboxylic acids is 1. The lowest BCUT2D eigenvalue weighted by molar-refractivity contribution is -0.112. The molecule has 0 spiro atoms. The zero-order valence-corrected chi connectivity index (χ0v) is 11.3. The molecule has 1 saturated carbocycles. The maximum atomic E-state index is 11.2. The second-order valence-electron chi connectivity index (χ2n) is 6.31. The number of hydrogen-bond acceptors (Lipinski definition) is 1. The van der Waals surface area contributed by atoms with Crippen molar-refractivity contribution >= 4 is 5.78 Å². The average Bonchev–Trinajstić information content (AvgIpc) is 2.27. The molecule has 1 nitrogen and oxygen atoms in total. The van der Waals surface area contributed by atoms with E-state index in [9.17, 15) is 4.79 Å². The fourth-order valence-electron chi connectivity index (χ4n) is 3.41. The Hall–Kier alpha value is -0.850. The molecular formula is C16H24O. The standard InChI is InChI=1S/C16H24O/c1-12(17)8-9-15-14-7-5-4-6-13(14)10-11-16(15,2)3/h7-9,13,15H,4-6,10-11H2,1-3H3/b9-8+/t13-,15+/m0/s1. The van der Waals surface area contributed by atoms with Gasteiger partial charge in [-0.15, -0.1) is 0 Å². The quantitative estimate of drug-likeness (QED) is 0.512. The van der Waals surface area contributed by atoms with Gasteiger partial charge in [0.2, 0.25) is 0 Å². The number of carbonyl (C=O) groups is 1. The van der Waals surface area contributed by atoms with E-state index < -0.39 is 0 Å². The molecule has 2 aliphatic carbocycles. The molecule has 2 rings (SSSR count). The Morgan fingerprint density at radius 2 is 2.18 bits per heavy atom. The SMILES string of the molecule is CC(=O)/C=C/[C@@H]1C2=CCCC[C@H]2CCC1(C)C. The molecule has 17 heavy (non-hydrogen) atoms. The van der Waals surface area contributed by atoms with Gasteiger partial charge in [-0.1, -0.05) is 31.6 Å². The van der Waals surface area contributed by atoms with E-state index >= 15 is 0 Å². The summed E-state index contributed by atoms with van der Waals surface area (Å²) in [5.74, 6) is 1.43. The van der Waals surface area contributed by atoms with Gasteiger partial charge in [0.15, 0.2) is 5.78 Å². The normalized spacial score (nSPS) is 32.1. The van der Waals surface area contributed by atoms with Crippen molar-refractivity contribution in [1.29, 1.82) is 0 Å². The summed E-state index contributed by atoms with van der Waals surface area (Å²) < 4.78 is 0. The Kier molecular flexibility index (Phi) is 3.56. The Morgan fingerprint density at radius 1 is 1.41 bits per heavy atom. The van der Waals surface area contributed by atoms with Crippen molar-refractivity contribution < 1.29 is 4.79 Å². The van der Waals surface area contributed by atoms with Crippen LogP contribution < -0.4 is 0 Å². The van der Waals surface area contributed by atoms with Crippen molar-refractivity contribution in [2.75, 3.05) is 0 Å². The Balaban J connectivity index is 2.27. The Bertz CT molecular complexity index is 360. The van der Waals surface area contributed by atoms with Gasteiger partial charge in [-0.2, -0.15) is 0 Å². The molecule has 2 aliphatic rings. The van der Waals surface area contributed by atoms with Crippen LogP contribution in [-0.4, -0.2) is 5.78 Å². The molecule has 0 aromatic rings. The molecule has 94 valence electrons. The first kappa shape index (κ1) is 12.6. The molecule has 0 aromatic carbocycles. The lowest BCUT2D eigenvalue weighted by atomic mass is 9.60. The predicted molar refractivity (Wildman–Crippen MR) is 71.8 cm³/mol. The van der Waals surface area contributed by atoms with Crippen molar-refractivity contribution in [3.8, 4) is 0 Å². The molecule has 0 unspecified atom stereocenters. The number of allylic oxidation sites excluding steroid dienone is 4. The molecule has 0 amide bonds. The molecule has 2 atom stereocenters. The van der Waals surface area contributed by atoms with Crippen LogP contribution in [0.4, 0.5) is 0 Å². The van der Waals surface area contributed by atoms with Gasteiger partial charge in [-0.05, 0) is 56.4 Å². The minimum Gasteiger partial charge on any atom is -0.295 e. The van der Waals surface area contributed by atoms with Crippen LogP contribution in [0.1, 0.15) is 52.9 Å². The third-order valence-electron chi connectivity index (χ3n) is 4.47. The van der Waals surface area contributed by atoms with Crippen molar-refractivity contribution in [2.24, 2.45) is 17.3 Å². The monoisotopic (exact) mass is 232 g/mol. The topological polar surface area (TPSA) is 17.1 Å². The van der Waals surface area contributed by atoms with Crippen LogP contribution in [0.25, 0.3) is 0 Å². The van der Waals surface area contributed by atoms with Crippen molar-refractivity contribution in [3.63, 3.8) is 0 Å². The summed E-state index contributed by atoms with van der Waals surface area (Å²) in [6.45, 7) is 6.32. The largest absolute Gasteiger partial charge is 0.295 e. The van der Waals surface area contributed by atoms with Gasteiger partial charge in [-0.25, -0.2) is 0 Å². The van der Waals surface area contributed by atoms with Crippen molar-refractivity contribution in [2.45, 2.75) is 52.9 Å². The van der Waals surface area contributed by atoms with Gasteiger partial charge < -0.3 is 0 Å². The van der Waals surface area contributed by atoms with Gasteiger partial charge >= 0.3 is 0 Å². The van der Waals surface area contributed by atoms with Gasteiger partial charge in [0.1, 0.15) is 0 Å². The molecule has 0 bridgehead atoms. The van der Waals surface area contributed by atoms with E-state index in [-0.39, 0.29) is 5.78 Å². The first-order valence-electron chi connectivity index (χ1n) is 6.89. The van der Waals surface area contributed by atoms with Crippen LogP contribution in [0.3, 0.4) is 0 Å². The second kappa shape index (κ2) is 4.80. The maximum absolute atomic E-state index is 11.2. The van der Waals surface area contributed by atoms with E-state index in [1.54, 1.807) is 18.6 Å². The highest BCUT2D eigenvalue weighted by atomic mass is 16.1. The van der Waals surface area contributed by atoms with Crippen LogP contribution in [0.2, 0.25) is 0 Å². The van der Waals surface area contributed by atoms with Crippen LogP contribution >= 0.6 is 0 Å². The molecule has 1 heteroatoms. The Morgan fingerprint density at radius 3 is 2.88 bits per heavy atom. The summed E-state index contributed by atoms with van der Waals surface area (Å²) in [6, 6.07) is 0. The van der Waals surface area contributed by atoms with Crippen molar-refractivity contribution in [1.82, 2.24) is 0 Å². The first-order valence-corrected chi connectivity index (χ1v) is 6.89. The minimum absolute atomic E-state index is 0.166. The van der Waals surface area contributed by atoms with E-state index in [0.717, 1.165) is 5.92 Å². The minimum atomic E-state index is 0.166. The maximum Gasteiger partial charge on any atom is 0.152 e. The molecule has 0 heterocycles. The van der Waals surface area contributed by atoms with Gasteiger partial charge in [-0.3, -0.25) is 4.79 Å². The van der Waals surface area contributed by atoms with Crippen LogP contribution in [-0.2, 0) is 4.79 Å². The zero-order valence-electron chi connectivity index (χ0n) is 11.3. The third-order valence-corrected chi connectivity index (χ3v) is 4.47. The molecule has 0 N–H and O–H groups in total. The molecule has 0 radical (unpaired) electrons. The fraction of sp³-hybridized carbons (Fsp3) is 0.688. The first-order chi connectivity index (χ1) is 8.00. The van der Waals surface area contributed by atoms with Gasteiger partial charge in [0.25, 0.3) is 0 Å². The lowest BCUT2D eigenvalue weighted by Gasteiger charge is -2.44. The second-order valence-corrected chi connectivity index (χ2v) is 6.31.